The van der Waals surface area contributed by atoms with Gasteiger partial charge in [-0.3, -0.25) is 0 Å². The predicted molar refractivity (Wildman–Crippen MR) is 70.5 cm³/mol. The van der Waals surface area contributed by atoms with Crippen molar-refractivity contribution in [1.82, 2.24) is 10.2 Å². The molecular formula is C14H26N2O2. The summed E-state index contributed by atoms with van der Waals surface area (Å²) < 4.78 is 11.3. The van der Waals surface area contributed by atoms with Gasteiger partial charge >= 0.3 is 0 Å². The van der Waals surface area contributed by atoms with Gasteiger partial charge in [-0.2, -0.15) is 0 Å². The molecule has 0 aromatic rings. The normalized spacial score (nSPS) is 34.0. The van der Waals surface area contributed by atoms with Crippen LogP contribution in [0.1, 0.15) is 33.1 Å². The number of ether oxygens (including phenoxy) is 2. The van der Waals surface area contributed by atoms with Gasteiger partial charge < -0.3 is 19.7 Å². The Morgan fingerprint density at radius 1 is 1.17 bits per heavy atom. The summed E-state index contributed by atoms with van der Waals surface area (Å²) in [5.41, 5.74) is 0. The van der Waals surface area contributed by atoms with Crippen molar-refractivity contribution in [1.29, 1.82) is 0 Å². The van der Waals surface area contributed by atoms with Gasteiger partial charge in [-0.25, -0.2) is 0 Å². The molecule has 1 aliphatic carbocycles. The average molecular weight is 254 g/mol. The number of nitrogens with zero attached hydrogens (tertiary/aromatic N) is 1. The van der Waals surface area contributed by atoms with Crippen molar-refractivity contribution in [3.8, 4) is 0 Å². The summed E-state index contributed by atoms with van der Waals surface area (Å²) in [5, 5.41) is 3.60. The smallest absolute Gasteiger partial charge is 0.162 e. The lowest BCUT2D eigenvalue weighted by atomic mass is 10.1. The van der Waals surface area contributed by atoms with Gasteiger partial charge in [0.2, 0.25) is 0 Å². The SMILES string of the molecule is CC1(C)OCC(NCC2CCN(C3CC3)C2)CO1. The van der Waals surface area contributed by atoms with Gasteiger partial charge in [0, 0.05) is 12.6 Å². The Balaban J connectivity index is 1.35. The zero-order chi connectivity index (χ0) is 12.6. The number of hydrogen-bond donors (Lipinski definition) is 1. The predicted octanol–water partition coefficient (Wildman–Crippen LogP) is 1.21. The van der Waals surface area contributed by atoms with E-state index in [1.807, 2.05) is 13.8 Å². The fraction of sp³-hybridized carbons (Fsp3) is 1.00. The number of rotatable bonds is 4. The molecule has 0 aromatic carbocycles. The Morgan fingerprint density at radius 2 is 1.89 bits per heavy atom. The van der Waals surface area contributed by atoms with Crippen molar-refractivity contribution in [3.05, 3.63) is 0 Å². The van der Waals surface area contributed by atoms with E-state index < -0.39 is 5.79 Å². The van der Waals surface area contributed by atoms with Crippen LogP contribution >= 0.6 is 0 Å². The molecule has 104 valence electrons. The summed E-state index contributed by atoms with van der Waals surface area (Å²) in [7, 11) is 0. The Labute approximate surface area is 110 Å². The Bertz CT molecular complexity index is 280. The fourth-order valence-electron chi connectivity index (χ4n) is 2.94. The van der Waals surface area contributed by atoms with Gasteiger partial charge in [-0.05, 0) is 52.1 Å². The van der Waals surface area contributed by atoms with Gasteiger partial charge in [0.1, 0.15) is 0 Å². The van der Waals surface area contributed by atoms with Gasteiger partial charge in [0.15, 0.2) is 5.79 Å². The highest BCUT2D eigenvalue weighted by Crippen LogP contribution is 2.31. The van der Waals surface area contributed by atoms with E-state index in [1.165, 1.54) is 32.4 Å². The quantitative estimate of drug-likeness (QED) is 0.818. The van der Waals surface area contributed by atoms with Crippen LogP contribution in [0.5, 0.6) is 0 Å². The van der Waals surface area contributed by atoms with Crippen molar-refractivity contribution in [2.45, 2.75) is 51.0 Å². The minimum absolute atomic E-state index is 0.369. The topological polar surface area (TPSA) is 33.7 Å². The standard InChI is InChI=1S/C14H26N2O2/c1-14(2)17-9-12(10-18-14)15-7-11-5-6-16(8-11)13-3-4-13/h11-13,15H,3-10H2,1-2H3. The second-order valence-corrected chi connectivity index (χ2v) is 6.51. The molecule has 2 heterocycles. The van der Waals surface area contributed by atoms with Crippen molar-refractivity contribution >= 4 is 0 Å². The molecule has 1 N–H and O–H groups in total. The van der Waals surface area contributed by atoms with E-state index in [0.717, 1.165) is 31.7 Å². The van der Waals surface area contributed by atoms with Crippen LogP contribution in [-0.4, -0.2) is 55.6 Å². The molecule has 0 radical (unpaired) electrons. The first-order valence-electron chi connectivity index (χ1n) is 7.38. The van der Waals surface area contributed by atoms with E-state index >= 15 is 0 Å². The average Bonchev–Trinajstić information content (AvgIpc) is 3.08. The van der Waals surface area contributed by atoms with Crippen molar-refractivity contribution in [2.24, 2.45) is 5.92 Å². The molecule has 1 saturated carbocycles. The molecule has 0 spiro atoms. The lowest BCUT2D eigenvalue weighted by Gasteiger charge is -2.35. The fourth-order valence-corrected chi connectivity index (χ4v) is 2.94. The largest absolute Gasteiger partial charge is 0.349 e. The molecule has 2 saturated heterocycles. The Morgan fingerprint density at radius 3 is 2.56 bits per heavy atom. The zero-order valence-electron chi connectivity index (χ0n) is 11.7. The highest BCUT2D eigenvalue weighted by molar-refractivity contribution is 4.90. The van der Waals surface area contributed by atoms with E-state index in [1.54, 1.807) is 0 Å². The molecule has 2 aliphatic heterocycles. The molecule has 3 fully saturated rings. The maximum Gasteiger partial charge on any atom is 0.162 e. The maximum absolute atomic E-state index is 5.67. The highest BCUT2D eigenvalue weighted by atomic mass is 16.7. The van der Waals surface area contributed by atoms with E-state index in [2.05, 4.69) is 10.2 Å². The summed E-state index contributed by atoms with van der Waals surface area (Å²) >= 11 is 0. The van der Waals surface area contributed by atoms with Crippen molar-refractivity contribution in [3.63, 3.8) is 0 Å². The molecule has 3 rings (SSSR count). The van der Waals surface area contributed by atoms with Crippen LogP contribution in [0.25, 0.3) is 0 Å². The third-order valence-electron chi connectivity index (χ3n) is 4.34. The van der Waals surface area contributed by atoms with Crippen molar-refractivity contribution in [2.75, 3.05) is 32.8 Å². The monoisotopic (exact) mass is 254 g/mol. The minimum Gasteiger partial charge on any atom is -0.349 e. The summed E-state index contributed by atoms with van der Waals surface area (Å²) in [5.74, 6) is 0.425. The lowest BCUT2D eigenvalue weighted by molar-refractivity contribution is -0.253. The zero-order valence-corrected chi connectivity index (χ0v) is 11.7. The molecule has 3 aliphatic rings. The molecule has 0 bridgehead atoms. The van der Waals surface area contributed by atoms with Crippen LogP contribution in [-0.2, 0) is 9.47 Å². The highest BCUT2D eigenvalue weighted by Gasteiger charge is 2.34. The van der Waals surface area contributed by atoms with Crippen molar-refractivity contribution < 1.29 is 9.47 Å². The molecule has 0 amide bonds. The summed E-state index contributed by atoms with van der Waals surface area (Å²) in [6, 6.07) is 1.30. The molecule has 1 atom stereocenters. The molecule has 0 aromatic heterocycles. The van der Waals surface area contributed by atoms with E-state index in [4.69, 9.17) is 9.47 Å². The first kappa shape index (κ1) is 12.9. The third-order valence-corrected chi connectivity index (χ3v) is 4.34. The maximum atomic E-state index is 5.67. The number of likely N-dealkylation sites (tertiary alicyclic amines) is 1. The second-order valence-electron chi connectivity index (χ2n) is 6.51. The molecular weight excluding hydrogens is 228 g/mol. The first-order chi connectivity index (χ1) is 8.62. The van der Waals surface area contributed by atoms with E-state index in [9.17, 15) is 0 Å². The van der Waals surface area contributed by atoms with Crippen LogP contribution in [0.3, 0.4) is 0 Å². The van der Waals surface area contributed by atoms with Crippen LogP contribution in [0.4, 0.5) is 0 Å². The van der Waals surface area contributed by atoms with Crippen LogP contribution in [0, 0.1) is 5.92 Å². The second kappa shape index (κ2) is 5.08. The molecule has 4 heteroatoms. The van der Waals surface area contributed by atoms with Gasteiger partial charge in [-0.15, -0.1) is 0 Å². The molecule has 18 heavy (non-hydrogen) atoms. The summed E-state index contributed by atoms with van der Waals surface area (Å²) in [4.78, 5) is 2.67. The Kier molecular flexibility index (Phi) is 3.63. The summed E-state index contributed by atoms with van der Waals surface area (Å²) in [6.07, 6.45) is 4.21. The van der Waals surface area contributed by atoms with Crippen LogP contribution in [0.15, 0.2) is 0 Å². The van der Waals surface area contributed by atoms with Gasteiger partial charge in [0.05, 0.1) is 19.3 Å². The van der Waals surface area contributed by atoms with Crippen LogP contribution in [0.2, 0.25) is 0 Å². The first-order valence-corrected chi connectivity index (χ1v) is 7.38. The van der Waals surface area contributed by atoms with Gasteiger partial charge in [-0.1, -0.05) is 0 Å². The molecule has 1 unspecified atom stereocenters. The van der Waals surface area contributed by atoms with E-state index in [0.29, 0.717) is 6.04 Å². The third kappa shape index (κ3) is 3.23. The molecule has 4 nitrogen and oxygen atoms in total. The van der Waals surface area contributed by atoms with Gasteiger partial charge in [0.25, 0.3) is 0 Å². The van der Waals surface area contributed by atoms with E-state index in [-0.39, 0.29) is 0 Å². The number of nitrogens with one attached hydrogen (secondary N) is 1. The summed E-state index contributed by atoms with van der Waals surface area (Å²) in [6.45, 7) is 9.21. The Hall–Kier alpha value is -0.160. The number of hydrogen-bond acceptors (Lipinski definition) is 4. The lowest BCUT2D eigenvalue weighted by Crippen LogP contribution is -2.49. The minimum atomic E-state index is -0.395. The van der Waals surface area contributed by atoms with Crippen LogP contribution < -0.4 is 5.32 Å².